The molecule has 0 aliphatic carbocycles. The molecule has 0 unspecified atom stereocenters. The zero-order valence-electron chi connectivity index (χ0n) is 14.9. The Labute approximate surface area is 144 Å². The quantitative estimate of drug-likeness (QED) is 0.721. The summed E-state index contributed by atoms with van der Waals surface area (Å²) in [6.45, 7) is 6.94. The van der Waals surface area contributed by atoms with Gasteiger partial charge in [-0.05, 0) is 33.6 Å². The van der Waals surface area contributed by atoms with Crippen LogP contribution >= 0.6 is 0 Å². The fourth-order valence-corrected chi connectivity index (χ4v) is 3.93. The molecule has 9 heteroatoms. The van der Waals surface area contributed by atoms with Crippen LogP contribution in [-0.4, -0.2) is 74.2 Å². The molecule has 1 fully saturated rings. The van der Waals surface area contributed by atoms with Crippen LogP contribution in [0.25, 0.3) is 0 Å². The van der Waals surface area contributed by atoms with Gasteiger partial charge < -0.3 is 15.0 Å². The van der Waals surface area contributed by atoms with Crippen molar-refractivity contribution in [1.29, 1.82) is 0 Å². The molecule has 2 amide bonds. The van der Waals surface area contributed by atoms with E-state index in [4.69, 9.17) is 4.74 Å². The summed E-state index contributed by atoms with van der Waals surface area (Å²) in [5.41, 5.74) is 0. The average Bonchev–Trinajstić information content (AvgIpc) is 2.46. The van der Waals surface area contributed by atoms with E-state index in [2.05, 4.69) is 5.32 Å². The fourth-order valence-electron chi connectivity index (χ4n) is 2.74. The zero-order valence-corrected chi connectivity index (χ0v) is 15.8. The van der Waals surface area contributed by atoms with Crippen LogP contribution in [0.4, 0.5) is 4.79 Å². The highest BCUT2D eigenvalue weighted by Gasteiger charge is 2.25. The van der Waals surface area contributed by atoms with E-state index >= 15 is 0 Å². The number of amides is 2. The van der Waals surface area contributed by atoms with E-state index in [1.165, 1.54) is 4.31 Å². The highest BCUT2D eigenvalue weighted by atomic mass is 32.2. The van der Waals surface area contributed by atoms with Crippen molar-refractivity contribution < 1.29 is 22.7 Å². The number of sulfonamides is 1. The Hall–Kier alpha value is -1.35. The van der Waals surface area contributed by atoms with Gasteiger partial charge in [0.25, 0.3) is 0 Å². The smallest absolute Gasteiger partial charge is 0.409 e. The van der Waals surface area contributed by atoms with Crippen LogP contribution in [-0.2, 0) is 19.6 Å². The summed E-state index contributed by atoms with van der Waals surface area (Å²) in [6, 6.07) is -0.172. The second-order valence-electron chi connectivity index (χ2n) is 6.25. The maximum atomic E-state index is 12.0. The van der Waals surface area contributed by atoms with Gasteiger partial charge in [0, 0.05) is 38.1 Å². The van der Waals surface area contributed by atoms with Crippen molar-refractivity contribution >= 4 is 22.0 Å². The average molecular weight is 363 g/mol. The third-order valence-corrected chi connectivity index (χ3v) is 5.40. The summed E-state index contributed by atoms with van der Waals surface area (Å²) in [4.78, 5) is 25.3. The molecule has 0 aromatic carbocycles. The van der Waals surface area contributed by atoms with Gasteiger partial charge in [-0.15, -0.1) is 0 Å². The highest BCUT2D eigenvalue weighted by molar-refractivity contribution is 7.88. The Morgan fingerprint density at radius 1 is 1.29 bits per heavy atom. The topological polar surface area (TPSA) is 96.0 Å². The van der Waals surface area contributed by atoms with Gasteiger partial charge in [0.1, 0.15) is 0 Å². The third kappa shape index (κ3) is 6.64. The lowest BCUT2D eigenvalue weighted by Gasteiger charge is -2.31. The van der Waals surface area contributed by atoms with Crippen LogP contribution in [0.1, 0.15) is 40.0 Å². The predicted molar refractivity (Wildman–Crippen MR) is 91.1 cm³/mol. The normalized spacial score (nSPS) is 16.5. The number of nitrogens with one attached hydrogen (secondary N) is 1. The number of rotatable bonds is 7. The van der Waals surface area contributed by atoms with E-state index in [1.807, 2.05) is 0 Å². The molecule has 1 aliphatic rings. The molecule has 1 rings (SSSR count). The van der Waals surface area contributed by atoms with Crippen LogP contribution in [0, 0.1) is 0 Å². The number of nitrogens with zero attached hydrogens (tertiary/aromatic N) is 2. The standard InChI is InChI=1S/C15H29N3O5S/c1-5-23-15(20)17-9-6-13(7-10-17)16-14(19)8-11-18(12(2)3)24(4,21)22/h12-13H,5-11H2,1-4H3,(H,16,19). The molecule has 0 radical (unpaired) electrons. The molecule has 1 saturated heterocycles. The zero-order chi connectivity index (χ0) is 18.3. The van der Waals surface area contributed by atoms with Crippen molar-refractivity contribution in [1.82, 2.24) is 14.5 Å². The molecule has 0 saturated carbocycles. The summed E-state index contributed by atoms with van der Waals surface area (Å²) < 4.78 is 29.6. The molecule has 24 heavy (non-hydrogen) atoms. The minimum atomic E-state index is -3.32. The number of carbonyl (C=O) groups excluding carboxylic acids is 2. The molecule has 0 bridgehead atoms. The maximum Gasteiger partial charge on any atom is 0.409 e. The van der Waals surface area contributed by atoms with Crippen molar-refractivity contribution in [2.75, 3.05) is 32.5 Å². The molecular formula is C15H29N3O5S. The van der Waals surface area contributed by atoms with Crippen LogP contribution in [0.15, 0.2) is 0 Å². The number of hydrogen-bond donors (Lipinski definition) is 1. The van der Waals surface area contributed by atoms with Crippen LogP contribution in [0.2, 0.25) is 0 Å². The SMILES string of the molecule is CCOC(=O)N1CCC(NC(=O)CCN(C(C)C)S(C)(=O)=O)CC1. The monoisotopic (exact) mass is 363 g/mol. The molecule has 8 nitrogen and oxygen atoms in total. The Morgan fingerprint density at radius 2 is 1.88 bits per heavy atom. The van der Waals surface area contributed by atoms with Gasteiger partial charge in [0.15, 0.2) is 0 Å². The number of likely N-dealkylation sites (tertiary alicyclic amines) is 1. The van der Waals surface area contributed by atoms with Crippen molar-refractivity contribution in [2.24, 2.45) is 0 Å². The first-order valence-electron chi connectivity index (χ1n) is 8.33. The second kappa shape index (κ2) is 9.22. The minimum Gasteiger partial charge on any atom is -0.450 e. The summed E-state index contributed by atoms with van der Waals surface area (Å²) in [6.07, 6.45) is 2.30. The van der Waals surface area contributed by atoms with Crippen molar-refractivity contribution in [3.8, 4) is 0 Å². The van der Waals surface area contributed by atoms with Crippen LogP contribution < -0.4 is 5.32 Å². The van der Waals surface area contributed by atoms with Gasteiger partial charge >= 0.3 is 6.09 Å². The lowest BCUT2D eigenvalue weighted by Crippen LogP contribution is -2.47. The number of hydrogen-bond acceptors (Lipinski definition) is 5. The Bertz CT molecular complexity index is 527. The first-order chi connectivity index (χ1) is 11.1. The summed E-state index contributed by atoms with van der Waals surface area (Å²) >= 11 is 0. The Balaban J connectivity index is 2.38. The van der Waals surface area contributed by atoms with Gasteiger partial charge in [0.05, 0.1) is 12.9 Å². The second-order valence-corrected chi connectivity index (χ2v) is 8.18. The summed E-state index contributed by atoms with van der Waals surface area (Å²) in [5, 5.41) is 2.92. The molecule has 0 aromatic heterocycles. The van der Waals surface area contributed by atoms with Crippen molar-refractivity contribution in [2.45, 2.75) is 52.1 Å². The lowest BCUT2D eigenvalue weighted by molar-refractivity contribution is -0.122. The first kappa shape index (κ1) is 20.7. The molecule has 140 valence electrons. The molecule has 0 aromatic rings. The van der Waals surface area contributed by atoms with Gasteiger partial charge in [-0.25, -0.2) is 13.2 Å². The van der Waals surface area contributed by atoms with Gasteiger partial charge in [-0.3, -0.25) is 4.79 Å². The van der Waals surface area contributed by atoms with E-state index < -0.39 is 10.0 Å². The molecule has 0 spiro atoms. The molecular weight excluding hydrogens is 334 g/mol. The number of carbonyl (C=O) groups is 2. The Morgan fingerprint density at radius 3 is 2.33 bits per heavy atom. The lowest BCUT2D eigenvalue weighted by atomic mass is 10.1. The highest BCUT2D eigenvalue weighted by Crippen LogP contribution is 2.12. The third-order valence-electron chi connectivity index (χ3n) is 3.95. The number of piperidine rings is 1. The van der Waals surface area contributed by atoms with Crippen molar-refractivity contribution in [3.05, 3.63) is 0 Å². The fraction of sp³-hybridized carbons (Fsp3) is 0.867. The van der Waals surface area contributed by atoms with Crippen LogP contribution in [0.3, 0.4) is 0 Å². The van der Waals surface area contributed by atoms with E-state index in [0.717, 1.165) is 6.26 Å². The van der Waals surface area contributed by atoms with Gasteiger partial charge in [-0.1, -0.05) is 0 Å². The molecule has 1 aliphatic heterocycles. The largest absolute Gasteiger partial charge is 0.450 e. The van der Waals surface area contributed by atoms with E-state index in [-0.39, 0.29) is 37.0 Å². The first-order valence-corrected chi connectivity index (χ1v) is 10.2. The maximum absolute atomic E-state index is 12.0. The van der Waals surface area contributed by atoms with Crippen molar-refractivity contribution in [3.63, 3.8) is 0 Å². The summed E-state index contributed by atoms with van der Waals surface area (Å²) in [7, 11) is -3.32. The van der Waals surface area contributed by atoms with E-state index in [9.17, 15) is 18.0 Å². The predicted octanol–water partition coefficient (Wildman–Crippen LogP) is 0.784. The van der Waals surface area contributed by atoms with E-state index in [1.54, 1.807) is 25.7 Å². The minimum absolute atomic E-state index is 0.00825. The molecule has 1 N–H and O–H groups in total. The van der Waals surface area contributed by atoms with Gasteiger partial charge in [0.2, 0.25) is 15.9 Å². The molecule has 1 heterocycles. The number of ether oxygens (including phenoxy) is 1. The van der Waals surface area contributed by atoms with Gasteiger partial charge in [-0.2, -0.15) is 4.31 Å². The Kier molecular flexibility index (Phi) is 7.95. The van der Waals surface area contributed by atoms with Crippen LogP contribution in [0.5, 0.6) is 0 Å². The van der Waals surface area contributed by atoms with E-state index in [0.29, 0.717) is 32.5 Å². The molecule has 0 atom stereocenters. The summed E-state index contributed by atoms with van der Waals surface area (Å²) in [5.74, 6) is -0.168.